The van der Waals surface area contributed by atoms with Crippen LogP contribution in [0, 0.1) is 0 Å². The first-order chi connectivity index (χ1) is 7.38. The number of thioether (sulfide) groups is 1. The Balaban J connectivity index is 2.52. The summed E-state index contributed by atoms with van der Waals surface area (Å²) in [6.07, 6.45) is -4.46. The minimum absolute atomic E-state index is 0.0576. The average Bonchev–Trinajstić information content (AvgIpc) is 2.15. The Morgan fingerprint density at radius 1 is 1.19 bits per heavy atom. The number of rotatable bonds is 0. The van der Waals surface area contributed by atoms with E-state index in [0.29, 0.717) is 0 Å². The molecule has 1 aromatic heterocycles. The van der Waals surface area contributed by atoms with Crippen LogP contribution in [-0.4, -0.2) is 27.6 Å². The average molecular weight is 249 g/mol. The molecule has 0 unspecified atom stereocenters. The summed E-state index contributed by atoms with van der Waals surface area (Å²) < 4.78 is 37.2. The predicted molar refractivity (Wildman–Crippen MR) is 54.7 cm³/mol. The van der Waals surface area contributed by atoms with Gasteiger partial charge in [0.25, 0.3) is 0 Å². The molecule has 4 N–H and O–H groups in total. The SMILES string of the molecule is Nc1nc(N)c2c(n1)SCC(C(F)(F)F)=N2. The zero-order valence-corrected chi connectivity index (χ0v) is 8.56. The standard InChI is InChI=1S/C7H6F3N5S/c8-7(9,10)2-1-16-5-3(13-2)4(11)14-6(12)15-5/h1H2,(H4,11,12,14,15). The molecule has 86 valence electrons. The van der Waals surface area contributed by atoms with Gasteiger partial charge in [0.15, 0.2) is 5.82 Å². The van der Waals surface area contributed by atoms with Crippen LogP contribution >= 0.6 is 11.8 Å². The monoisotopic (exact) mass is 249 g/mol. The van der Waals surface area contributed by atoms with E-state index in [1.807, 2.05) is 0 Å². The molecule has 0 fully saturated rings. The lowest BCUT2D eigenvalue weighted by atomic mass is 10.4. The number of nitrogens with zero attached hydrogens (tertiary/aromatic N) is 3. The quantitative estimate of drug-likeness (QED) is 0.678. The third-order valence-electron chi connectivity index (χ3n) is 1.82. The number of alkyl halides is 3. The lowest BCUT2D eigenvalue weighted by Crippen LogP contribution is -2.26. The summed E-state index contributed by atoms with van der Waals surface area (Å²) in [5.41, 5.74) is 9.79. The normalized spacial score (nSPS) is 15.6. The van der Waals surface area contributed by atoms with Crippen LogP contribution in [0.4, 0.5) is 30.6 Å². The number of aliphatic imine (C=N–C) groups is 1. The maximum atomic E-state index is 12.4. The van der Waals surface area contributed by atoms with Crippen molar-refractivity contribution >= 4 is 34.9 Å². The second kappa shape index (κ2) is 3.51. The van der Waals surface area contributed by atoms with E-state index in [0.717, 1.165) is 11.8 Å². The number of anilines is 2. The van der Waals surface area contributed by atoms with Crippen molar-refractivity contribution in [2.45, 2.75) is 11.2 Å². The molecule has 1 aliphatic heterocycles. The number of hydrogen-bond donors (Lipinski definition) is 2. The second-order valence-electron chi connectivity index (χ2n) is 2.97. The van der Waals surface area contributed by atoms with E-state index in [1.54, 1.807) is 0 Å². The Hall–Kier alpha value is -1.51. The summed E-state index contributed by atoms with van der Waals surface area (Å²) in [5, 5.41) is 0.276. The summed E-state index contributed by atoms with van der Waals surface area (Å²) in [6.45, 7) is 0. The van der Waals surface area contributed by atoms with E-state index in [-0.39, 0.29) is 28.2 Å². The highest BCUT2D eigenvalue weighted by Gasteiger charge is 2.38. The molecule has 1 aromatic rings. The minimum atomic E-state index is -4.46. The molecular weight excluding hydrogens is 243 g/mol. The Morgan fingerprint density at radius 2 is 1.88 bits per heavy atom. The summed E-state index contributed by atoms with van der Waals surface area (Å²) in [4.78, 5) is 10.7. The van der Waals surface area contributed by atoms with E-state index in [9.17, 15) is 13.2 Å². The van der Waals surface area contributed by atoms with Gasteiger partial charge < -0.3 is 11.5 Å². The molecule has 0 aliphatic carbocycles. The molecule has 2 rings (SSSR count). The first kappa shape index (κ1) is 11.0. The molecule has 0 saturated carbocycles. The Bertz CT molecular complexity index is 470. The van der Waals surface area contributed by atoms with Crippen LogP contribution in [0.15, 0.2) is 10.0 Å². The fourth-order valence-corrected chi connectivity index (χ4v) is 2.07. The third-order valence-corrected chi connectivity index (χ3v) is 2.79. The van der Waals surface area contributed by atoms with Crippen molar-refractivity contribution in [3.8, 4) is 0 Å². The molecule has 0 radical (unpaired) electrons. The van der Waals surface area contributed by atoms with E-state index in [1.165, 1.54) is 0 Å². The van der Waals surface area contributed by atoms with Crippen LogP contribution in [0.25, 0.3) is 0 Å². The summed E-state index contributed by atoms with van der Waals surface area (Å²) in [5.74, 6) is -0.516. The fraction of sp³-hybridized carbons (Fsp3) is 0.286. The summed E-state index contributed by atoms with van der Waals surface area (Å²) in [6, 6.07) is 0. The van der Waals surface area contributed by atoms with Gasteiger partial charge >= 0.3 is 6.18 Å². The van der Waals surface area contributed by atoms with Crippen molar-refractivity contribution < 1.29 is 13.2 Å². The molecule has 1 aliphatic rings. The highest BCUT2D eigenvalue weighted by atomic mass is 32.2. The van der Waals surface area contributed by atoms with Gasteiger partial charge in [-0.05, 0) is 0 Å². The van der Waals surface area contributed by atoms with Gasteiger partial charge in [0.2, 0.25) is 5.95 Å². The molecule has 0 spiro atoms. The number of fused-ring (bicyclic) bond motifs is 1. The van der Waals surface area contributed by atoms with Crippen molar-refractivity contribution in [3.05, 3.63) is 0 Å². The molecule has 0 atom stereocenters. The van der Waals surface area contributed by atoms with Crippen LogP contribution < -0.4 is 11.5 Å². The second-order valence-corrected chi connectivity index (χ2v) is 3.93. The van der Waals surface area contributed by atoms with Crippen molar-refractivity contribution in [1.29, 1.82) is 0 Å². The van der Waals surface area contributed by atoms with Crippen molar-refractivity contribution in [1.82, 2.24) is 9.97 Å². The number of aromatic nitrogens is 2. The first-order valence-corrected chi connectivity index (χ1v) is 5.07. The molecule has 2 heterocycles. The van der Waals surface area contributed by atoms with E-state index in [4.69, 9.17) is 11.5 Å². The van der Waals surface area contributed by atoms with Gasteiger partial charge in [0.1, 0.15) is 16.4 Å². The maximum absolute atomic E-state index is 12.4. The van der Waals surface area contributed by atoms with E-state index < -0.39 is 11.9 Å². The Labute approximate surface area is 92.2 Å². The lowest BCUT2D eigenvalue weighted by molar-refractivity contribution is -0.0589. The number of nitrogens with two attached hydrogens (primary N) is 2. The molecule has 0 saturated heterocycles. The van der Waals surface area contributed by atoms with Gasteiger partial charge in [-0.1, -0.05) is 11.8 Å². The third kappa shape index (κ3) is 1.90. The minimum Gasteiger partial charge on any atom is -0.382 e. The van der Waals surface area contributed by atoms with Crippen LogP contribution in [0.2, 0.25) is 0 Å². The van der Waals surface area contributed by atoms with E-state index >= 15 is 0 Å². The van der Waals surface area contributed by atoms with Gasteiger partial charge in [-0.2, -0.15) is 18.2 Å². The van der Waals surface area contributed by atoms with Gasteiger partial charge in [0, 0.05) is 5.75 Å². The van der Waals surface area contributed by atoms with Gasteiger partial charge in [0.05, 0.1) is 0 Å². The van der Waals surface area contributed by atoms with Crippen LogP contribution in [-0.2, 0) is 0 Å². The highest BCUT2D eigenvalue weighted by molar-refractivity contribution is 8.00. The zero-order chi connectivity index (χ0) is 11.9. The van der Waals surface area contributed by atoms with Gasteiger partial charge in [-0.25, -0.2) is 9.98 Å². The maximum Gasteiger partial charge on any atom is 0.430 e. The number of nitrogen functional groups attached to an aromatic ring is 2. The molecule has 0 aromatic carbocycles. The predicted octanol–water partition coefficient (Wildman–Crippen LogP) is 1.38. The molecule has 9 heteroatoms. The van der Waals surface area contributed by atoms with Gasteiger partial charge in [-0.3, -0.25) is 0 Å². The zero-order valence-electron chi connectivity index (χ0n) is 7.75. The molecule has 16 heavy (non-hydrogen) atoms. The highest BCUT2D eigenvalue weighted by Crippen LogP contribution is 2.39. The Kier molecular flexibility index (Phi) is 2.41. The van der Waals surface area contributed by atoms with Crippen LogP contribution in [0.5, 0.6) is 0 Å². The van der Waals surface area contributed by atoms with Crippen LogP contribution in [0.1, 0.15) is 0 Å². The van der Waals surface area contributed by atoms with Crippen molar-refractivity contribution in [2.75, 3.05) is 17.2 Å². The van der Waals surface area contributed by atoms with Crippen LogP contribution in [0.3, 0.4) is 0 Å². The van der Waals surface area contributed by atoms with Crippen molar-refractivity contribution in [3.63, 3.8) is 0 Å². The molecule has 0 amide bonds. The first-order valence-electron chi connectivity index (χ1n) is 4.08. The Morgan fingerprint density at radius 3 is 2.50 bits per heavy atom. The fourth-order valence-electron chi connectivity index (χ4n) is 1.12. The smallest absolute Gasteiger partial charge is 0.382 e. The molecule has 0 bridgehead atoms. The number of hydrogen-bond acceptors (Lipinski definition) is 6. The lowest BCUT2D eigenvalue weighted by Gasteiger charge is -2.17. The number of halogens is 3. The molecule has 5 nitrogen and oxygen atoms in total. The van der Waals surface area contributed by atoms with E-state index in [2.05, 4.69) is 15.0 Å². The summed E-state index contributed by atoms with van der Waals surface area (Å²) >= 11 is 0.890. The topological polar surface area (TPSA) is 90.2 Å². The van der Waals surface area contributed by atoms with Crippen molar-refractivity contribution in [2.24, 2.45) is 4.99 Å². The molecular formula is C7H6F3N5S. The largest absolute Gasteiger partial charge is 0.430 e. The summed E-state index contributed by atoms with van der Waals surface area (Å²) in [7, 11) is 0. The van der Waals surface area contributed by atoms with Gasteiger partial charge in [-0.15, -0.1) is 0 Å².